The molecule has 0 aliphatic carbocycles. The van der Waals surface area contributed by atoms with Gasteiger partial charge in [0, 0.05) is 18.8 Å². The summed E-state index contributed by atoms with van der Waals surface area (Å²) in [6.07, 6.45) is 1.24. The number of esters is 1. The number of amides is 2. The summed E-state index contributed by atoms with van der Waals surface area (Å²) in [5.74, 6) is -0.323. The lowest BCUT2D eigenvalue weighted by atomic mass is 9.97. The lowest BCUT2D eigenvalue weighted by Crippen LogP contribution is -2.42. The van der Waals surface area contributed by atoms with E-state index in [1.54, 1.807) is 29.2 Å². The van der Waals surface area contributed by atoms with Gasteiger partial charge in [-0.15, -0.1) is 0 Å². The third-order valence-electron chi connectivity index (χ3n) is 3.58. The van der Waals surface area contributed by atoms with E-state index in [4.69, 9.17) is 10.00 Å². The summed E-state index contributed by atoms with van der Waals surface area (Å²) in [5, 5.41) is 11.5. The first-order chi connectivity index (χ1) is 10.1. The lowest BCUT2D eigenvalue weighted by Gasteiger charge is -2.30. The second-order valence-corrected chi connectivity index (χ2v) is 4.90. The molecule has 21 heavy (non-hydrogen) atoms. The van der Waals surface area contributed by atoms with Gasteiger partial charge in [-0.1, -0.05) is 0 Å². The highest BCUT2D eigenvalue weighted by atomic mass is 16.5. The normalized spacial score (nSPS) is 15.1. The van der Waals surface area contributed by atoms with Crippen LogP contribution in [-0.4, -0.2) is 37.1 Å². The van der Waals surface area contributed by atoms with Crippen molar-refractivity contribution in [2.75, 3.05) is 25.5 Å². The molecule has 2 amide bonds. The second kappa shape index (κ2) is 6.75. The molecule has 2 rings (SSSR count). The van der Waals surface area contributed by atoms with Crippen LogP contribution in [0.25, 0.3) is 0 Å². The Bertz CT molecular complexity index is 555. The number of anilines is 1. The summed E-state index contributed by atoms with van der Waals surface area (Å²) < 4.78 is 4.72. The van der Waals surface area contributed by atoms with Crippen molar-refractivity contribution in [1.29, 1.82) is 5.26 Å². The van der Waals surface area contributed by atoms with Crippen LogP contribution in [0.3, 0.4) is 0 Å². The van der Waals surface area contributed by atoms with Gasteiger partial charge in [0.1, 0.15) is 0 Å². The van der Waals surface area contributed by atoms with Gasteiger partial charge in [0.15, 0.2) is 0 Å². The molecule has 6 nitrogen and oxygen atoms in total. The SMILES string of the molecule is COC(=O)C1CCN(C(=O)Nc2ccc(C#N)cc2)CC1. The fraction of sp³-hybridized carbons (Fsp3) is 0.400. The molecule has 110 valence electrons. The Morgan fingerprint density at radius 2 is 1.90 bits per heavy atom. The molecule has 0 radical (unpaired) electrons. The Hall–Kier alpha value is -2.55. The quantitative estimate of drug-likeness (QED) is 0.843. The van der Waals surface area contributed by atoms with Crippen molar-refractivity contribution in [1.82, 2.24) is 4.90 Å². The molecule has 1 aliphatic rings. The van der Waals surface area contributed by atoms with Crippen LogP contribution in [0.1, 0.15) is 18.4 Å². The topological polar surface area (TPSA) is 82.4 Å². The molecule has 0 atom stereocenters. The largest absolute Gasteiger partial charge is 0.469 e. The summed E-state index contributed by atoms with van der Waals surface area (Å²) in [5.41, 5.74) is 1.20. The zero-order chi connectivity index (χ0) is 15.2. The number of nitrogens with one attached hydrogen (secondary N) is 1. The van der Waals surface area contributed by atoms with Gasteiger partial charge in [0.2, 0.25) is 0 Å². The predicted octanol–water partition coefficient (Wildman–Crippen LogP) is 1.98. The highest BCUT2D eigenvalue weighted by molar-refractivity contribution is 5.89. The Balaban J connectivity index is 1.87. The first-order valence-corrected chi connectivity index (χ1v) is 6.78. The number of methoxy groups -OCH3 is 1. The number of ether oxygens (including phenoxy) is 1. The minimum absolute atomic E-state index is 0.117. The van der Waals surface area contributed by atoms with Crippen molar-refractivity contribution in [3.05, 3.63) is 29.8 Å². The van der Waals surface area contributed by atoms with Crippen molar-refractivity contribution >= 4 is 17.7 Å². The molecule has 1 N–H and O–H groups in total. The molecule has 1 heterocycles. The molecule has 0 bridgehead atoms. The number of rotatable bonds is 2. The van der Waals surface area contributed by atoms with Gasteiger partial charge in [-0.3, -0.25) is 4.79 Å². The lowest BCUT2D eigenvalue weighted by molar-refractivity contribution is -0.146. The average molecular weight is 287 g/mol. The van der Waals surface area contributed by atoms with Crippen LogP contribution in [0.15, 0.2) is 24.3 Å². The van der Waals surface area contributed by atoms with E-state index in [9.17, 15) is 9.59 Å². The van der Waals surface area contributed by atoms with Crippen molar-refractivity contribution in [3.8, 4) is 6.07 Å². The number of urea groups is 1. The second-order valence-electron chi connectivity index (χ2n) is 4.90. The van der Waals surface area contributed by atoms with Gasteiger partial charge in [-0.2, -0.15) is 5.26 Å². The standard InChI is InChI=1S/C15H17N3O3/c1-21-14(19)12-6-8-18(9-7-12)15(20)17-13-4-2-11(10-16)3-5-13/h2-5,12H,6-9H2,1H3,(H,17,20). The van der Waals surface area contributed by atoms with Crippen molar-refractivity contribution in [3.63, 3.8) is 0 Å². The fourth-order valence-corrected chi connectivity index (χ4v) is 2.32. The van der Waals surface area contributed by atoms with E-state index in [0.717, 1.165) is 0 Å². The first kappa shape index (κ1) is 14.9. The van der Waals surface area contributed by atoms with Crippen LogP contribution >= 0.6 is 0 Å². The Morgan fingerprint density at radius 3 is 2.43 bits per heavy atom. The highest BCUT2D eigenvalue weighted by Gasteiger charge is 2.27. The van der Waals surface area contributed by atoms with Gasteiger partial charge < -0.3 is 15.0 Å². The van der Waals surface area contributed by atoms with E-state index in [1.165, 1.54) is 7.11 Å². The summed E-state index contributed by atoms with van der Waals surface area (Å²) in [7, 11) is 1.38. The zero-order valence-corrected chi connectivity index (χ0v) is 11.8. The molecule has 0 spiro atoms. The van der Waals surface area contributed by atoms with E-state index in [0.29, 0.717) is 37.2 Å². The highest BCUT2D eigenvalue weighted by Crippen LogP contribution is 2.19. The van der Waals surface area contributed by atoms with E-state index < -0.39 is 0 Å². The predicted molar refractivity (Wildman–Crippen MR) is 76.5 cm³/mol. The molecule has 1 aromatic carbocycles. The number of hydrogen-bond donors (Lipinski definition) is 1. The third-order valence-corrected chi connectivity index (χ3v) is 3.58. The van der Waals surface area contributed by atoms with E-state index >= 15 is 0 Å². The molecule has 0 saturated carbocycles. The molecule has 0 aromatic heterocycles. The summed E-state index contributed by atoms with van der Waals surface area (Å²) in [6, 6.07) is 8.52. The Kier molecular flexibility index (Phi) is 4.77. The molecule has 6 heteroatoms. The maximum atomic E-state index is 12.1. The van der Waals surface area contributed by atoms with E-state index in [-0.39, 0.29) is 17.9 Å². The van der Waals surface area contributed by atoms with Crippen LogP contribution in [0.2, 0.25) is 0 Å². The number of carbonyl (C=O) groups is 2. The maximum Gasteiger partial charge on any atom is 0.321 e. The van der Waals surface area contributed by atoms with E-state index in [2.05, 4.69) is 5.32 Å². The molecule has 0 unspecified atom stereocenters. The monoisotopic (exact) mass is 287 g/mol. The third kappa shape index (κ3) is 3.72. The van der Waals surface area contributed by atoms with Gasteiger partial charge >= 0.3 is 12.0 Å². The van der Waals surface area contributed by atoms with Gasteiger partial charge in [0.05, 0.1) is 24.7 Å². The first-order valence-electron chi connectivity index (χ1n) is 6.78. The molecular weight excluding hydrogens is 270 g/mol. The number of nitriles is 1. The summed E-state index contributed by atoms with van der Waals surface area (Å²) >= 11 is 0. The van der Waals surface area contributed by atoms with Crippen molar-refractivity contribution in [2.24, 2.45) is 5.92 Å². The number of likely N-dealkylation sites (tertiary alicyclic amines) is 1. The Morgan fingerprint density at radius 1 is 1.29 bits per heavy atom. The van der Waals surface area contributed by atoms with Crippen LogP contribution in [0.5, 0.6) is 0 Å². The van der Waals surface area contributed by atoms with Gasteiger partial charge in [-0.25, -0.2) is 4.79 Å². The molecular formula is C15H17N3O3. The number of benzene rings is 1. The fourth-order valence-electron chi connectivity index (χ4n) is 2.32. The summed E-state index contributed by atoms with van der Waals surface area (Å²) in [6.45, 7) is 1.06. The summed E-state index contributed by atoms with van der Waals surface area (Å²) in [4.78, 5) is 25.2. The van der Waals surface area contributed by atoms with Gasteiger partial charge in [-0.05, 0) is 37.1 Å². The van der Waals surface area contributed by atoms with Crippen LogP contribution < -0.4 is 5.32 Å². The van der Waals surface area contributed by atoms with Crippen LogP contribution in [0.4, 0.5) is 10.5 Å². The number of piperidine rings is 1. The minimum Gasteiger partial charge on any atom is -0.469 e. The smallest absolute Gasteiger partial charge is 0.321 e. The molecule has 1 aromatic rings. The molecule has 1 aliphatic heterocycles. The molecule has 1 fully saturated rings. The average Bonchev–Trinajstić information content (AvgIpc) is 2.55. The van der Waals surface area contributed by atoms with Crippen molar-refractivity contribution < 1.29 is 14.3 Å². The minimum atomic E-state index is -0.206. The Labute approximate surface area is 123 Å². The number of carbonyl (C=O) groups excluding carboxylic acids is 2. The number of hydrogen-bond acceptors (Lipinski definition) is 4. The van der Waals surface area contributed by atoms with Crippen LogP contribution in [0, 0.1) is 17.2 Å². The molecule has 1 saturated heterocycles. The van der Waals surface area contributed by atoms with Crippen molar-refractivity contribution in [2.45, 2.75) is 12.8 Å². The number of nitrogens with zero attached hydrogens (tertiary/aromatic N) is 2. The maximum absolute atomic E-state index is 12.1. The van der Waals surface area contributed by atoms with Gasteiger partial charge in [0.25, 0.3) is 0 Å². The van der Waals surface area contributed by atoms with E-state index in [1.807, 2.05) is 6.07 Å². The zero-order valence-electron chi connectivity index (χ0n) is 11.8. The van der Waals surface area contributed by atoms with Crippen LogP contribution in [-0.2, 0) is 9.53 Å².